The van der Waals surface area contributed by atoms with Crippen LogP contribution in [0.2, 0.25) is 0 Å². The average molecular weight is 306 g/mol. The second-order valence-corrected chi connectivity index (χ2v) is 8.17. The first-order valence-corrected chi connectivity index (χ1v) is 9.49. The minimum atomic E-state index is -3.06. The van der Waals surface area contributed by atoms with Gasteiger partial charge in [0.05, 0.1) is 11.8 Å². The first kappa shape index (κ1) is 19.4. The number of rotatable bonds is 11. The summed E-state index contributed by atoms with van der Waals surface area (Å²) in [4.78, 5) is 11.6. The molecule has 0 aromatic rings. The van der Waals surface area contributed by atoms with Crippen molar-refractivity contribution in [3.63, 3.8) is 0 Å². The van der Waals surface area contributed by atoms with Crippen LogP contribution in [0, 0.1) is 5.92 Å². The molecule has 0 aliphatic carbocycles. The fourth-order valence-corrected chi connectivity index (χ4v) is 2.53. The van der Waals surface area contributed by atoms with Crippen LogP contribution in [0.25, 0.3) is 0 Å². The third kappa shape index (κ3) is 12.4. The van der Waals surface area contributed by atoms with Crippen molar-refractivity contribution < 1.29 is 13.2 Å². The van der Waals surface area contributed by atoms with Gasteiger partial charge in [-0.25, -0.2) is 8.42 Å². The van der Waals surface area contributed by atoms with Crippen molar-refractivity contribution in [3.05, 3.63) is 0 Å². The minimum Gasteiger partial charge on any atom is -0.355 e. The van der Waals surface area contributed by atoms with Gasteiger partial charge in [-0.3, -0.25) is 4.79 Å². The molecular weight excluding hydrogens is 276 g/mol. The largest absolute Gasteiger partial charge is 0.355 e. The van der Waals surface area contributed by atoms with Crippen molar-refractivity contribution in [1.29, 1.82) is 0 Å². The van der Waals surface area contributed by atoms with Crippen molar-refractivity contribution in [2.24, 2.45) is 11.7 Å². The van der Waals surface area contributed by atoms with Gasteiger partial charge in [0, 0.05) is 12.8 Å². The SMILES string of the molecule is CC(C)CCCCCCNC(=O)C(N)CCS(C)(=O)=O. The van der Waals surface area contributed by atoms with Crippen LogP contribution in [0.1, 0.15) is 52.4 Å². The van der Waals surface area contributed by atoms with Gasteiger partial charge in [0.1, 0.15) is 9.84 Å². The molecule has 0 fully saturated rings. The lowest BCUT2D eigenvalue weighted by Gasteiger charge is -2.11. The molecule has 0 aliphatic rings. The molecule has 0 saturated carbocycles. The first-order valence-electron chi connectivity index (χ1n) is 7.43. The van der Waals surface area contributed by atoms with E-state index >= 15 is 0 Å². The van der Waals surface area contributed by atoms with Gasteiger partial charge in [-0.1, -0.05) is 39.5 Å². The quantitative estimate of drug-likeness (QED) is 0.566. The predicted molar refractivity (Wildman–Crippen MR) is 83.2 cm³/mol. The molecule has 0 radical (unpaired) electrons. The Labute approximate surface area is 123 Å². The second kappa shape index (κ2) is 10.2. The van der Waals surface area contributed by atoms with Gasteiger partial charge in [-0.2, -0.15) is 0 Å². The monoisotopic (exact) mass is 306 g/mol. The lowest BCUT2D eigenvalue weighted by Crippen LogP contribution is -2.41. The third-order valence-electron chi connectivity index (χ3n) is 3.14. The lowest BCUT2D eigenvalue weighted by atomic mass is 10.0. The van der Waals surface area contributed by atoms with Gasteiger partial charge in [0.2, 0.25) is 5.91 Å². The normalized spacial score (nSPS) is 13.4. The number of nitrogens with one attached hydrogen (secondary N) is 1. The van der Waals surface area contributed by atoms with Crippen molar-refractivity contribution in [3.8, 4) is 0 Å². The maximum atomic E-state index is 11.6. The van der Waals surface area contributed by atoms with Gasteiger partial charge in [-0.05, 0) is 18.8 Å². The first-order chi connectivity index (χ1) is 9.22. The number of hydrogen-bond acceptors (Lipinski definition) is 4. The van der Waals surface area contributed by atoms with Crippen LogP contribution in [-0.2, 0) is 14.6 Å². The molecule has 6 heteroatoms. The van der Waals surface area contributed by atoms with Crippen LogP contribution in [0.15, 0.2) is 0 Å². The van der Waals surface area contributed by atoms with Gasteiger partial charge < -0.3 is 11.1 Å². The molecule has 20 heavy (non-hydrogen) atoms. The van der Waals surface area contributed by atoms with E-state index in [0.717, 1.165) is 25.0 Å². The van der Waals surface area contributed by atoms with Crippen LogP contribution in [0.5, 0.6) is 0 Å². The van der Waals surface area contributed by atoms with E-state index in [0.29, 0.717) is 6.54 Å². The molecule has 1 atom stereocenters. The Morgan fingerprint density at radius 3 is 2.25 bits per heavy atom. The number of carbonyl (C=O) groups excluding carboxylic acids is 1. The average Bonchev–Trinajstić information content (AvgIpc) is 2.33. The Hall–Kier alpha value is -0.620. The van der Waals surface area contributed by atoms with E-state index in [1.54, 1.807) is 0 Å². The summed E-state index contributed by atoms with van der Waals surface area (Å²) in [5, 5.41) is 2.76. The topological polar surface area (TPSA) is 89.3 Å². The molecule has 0 bridgehead atoms. The van der Waals surface area contributed by atoms with Crippen LogP contribution in [0.4, 0.5) is 0 Å². The number of hydrogen-bond donors (Lipinski definition) is 2. The molecular formula is C14H30N2O3S. The lowest BCUT2D eigenvalue weighted by molar-refractivity contribution is -0.122. The number of unbranched alkanes of at least 4 members (excludes halogenated alkanes) is 3. The summed E-state index contributed by atoms with van der Waals surface area (Å²) in [6, 6.07) is -0.731. The Morgan fingerprint density at radius 1 is 1.10 bits per heavy atom. The summed E-state index contributed by atoms with van der Waals surface area (Å²) < 4.78 is 22.0. The zero-order chi connectivity index (χ0) is 15.6. The minimum absolute atomic E-state index is 0.0449. The van der Waals surface area contributed by atoms with Gasteiger partial charge in [0.15, 0.2) is 0 Å². The van der Waals surface area contributed by atoms with Crippen LogP contribution >= 0.6 is 0 Å². The van der Waals surface area contributed by atoms with Crippen molar-refractivity contribution in [2.45, 2.75) is 58.4 Å². The number of carbonyl (C=O) groups is 1. The van der Waals surface area contributed by atoms with Gasteiger partial charge in [0.25, 0.3) is 0 Å². The summed E-state index contributed by atoms with van der Waals surface area (Å²) in [7, 11) is -3.06. The zero-order valence-electron chi connectivity index (χ0n) is 13.0. The van der Waals surface area contributed by atoms with E-state index in [9.17, 15) is 13.2 Å². The fraction of sp³-hybridized carbons (Fsp3) is 0.929. The summed E-state index contributed by atoms with van der Waals surface area (Å²) in [5.74, 6) is 0.454. The van der Waals surface area contributed by atoms with Crippen LogP contribution in [0.3, 0.4) is 0 Å². The summed E-state index contributed by atoms with van der Waals surface area (Å²) in [5.41, 5.74) is 5.64. The predicted octanol–water partition coefficient (Wildman–Crippen LogP) is 1.47. The summed E-state index contributed by atoms with van der Waals surface area (Å²) in [6.45, 7) is 5.06. The van der Waals surface area contributed by atoms with E-state index in [-0.39, 0.29) is 18.1 Å². The molecule has 0 saturated heterocycles. The van der Waals surface area contributed by atoms with E-state index in [1.807, 2.05) is 0 Å². The molecule has 1 unspecified atom stereocenters. The molecule has 0 aliphatic heterocycles. The molecule has 0 aromatic carbocycles. The van der Waals surface area contributed by atoms with E-state index in [4.69, 9.17) is 5.73 Å². The third-order valence-corrected chi connectivity index (χ3v) is 4.12. The Morgan fingerprint density at radius 2 is 1.70 bits per heavy atom. The number of sulfone groups is 1. The summed E-state index contributed by atoms with van der Waals surface area (Å²) >= 11 is 0. The summed E-state index contributed by atoms with van der Waals surface area (Å²) in [6.07, 6.45) is 7.05. The molecule has 0 heterocycles. The molecule has 0 spiro atoms. The molecule has 120 valence electrons. The van der Waals surface area contributed by atoms with Crippen molar-refractivity contribution >= 4 is 15.7 Å². The Bertz CT molecular complexity index is 367. The van der Waals surface area contributed by atoms with E-state index in [2.05, 4.69) is 19.2 Å². The highest BCUT2D eigenvalue weighted by Gasteiger charge is 2.15. The highest BCUT2D eigenvalue weighted by molar-refractivity contribution is 7.90. The Kier molecular flexibility index (Phi) is 9.84. The van der Waals surface area contributed by atoms with Crippen LogP contribution in [-0.4, -0.2) is 38.9 Å². The van der Waals surface area contributed by atoms with Crippen molar-refractivity contribution in [1.82, 2.24) is 5.32 Å². The zero-order valence-corrected chi connectivity index (χ0v) is 13.8. The maximum absolute atomic E-state index is 11.6. The van der Waals surface area contributed by atoms with Gasteiger partial charge >= 0.3 is 0 Å². The number of amides is 1. The number of nitrogens with two attached hydrogens (primary N) is 1. The smallest absolute Gasteiger partial charge is 0.236 e. The second-order valence-electron chi connectivity index (χ2n) is 5.91. The highest BCUT2D eigenvalue weighted by atomic mass is 32.2. The Balaban J connectivity index is 3.57. The van der Waals surface area contributed by atoms with Crippen LogP contribution < -0.4 is 11.1 Å². The molecule has 5 nitrogen and oxygen atoms in total. The fourth-order valence-electron chi connectivity index (χ4n) is 1.85. The molecule has 0 aromatic heterocycles. The molecule has 3 N–H and O–H groups in total. The van der Waals surface area contributed by atoms with E-state index in [1.165, 1.54) is 19.3 Å². The highest BCUT2D eigenvalue weighted by Crippen LogP contribution is 2.08. The van der Waals surface area contributed by atoms with E-state index < -0.39 is 15.9 Å². The van der Waals surface area contributed by atoms with Gasteiger partial charge in [-0.15, -0.1) is 0 Å². The molecule has 0 rings (SSSR count). The van der Waals surface area contributed by atoms with Crippen molar-refractivity contribution in [2.75, 3.05) is 18.6 Å². The molecule has 1 amide bonds. The maximum Gasteiger partial charge on any atom is 0.236 e. The standard InChI is InChI=1S/C14H30N2O3S/c1-12(2)8-6-4-5-7-10-16-14(17)13(15)9-11-20(3,18)19/h12-13H,4-11,15H2,1-3H3,(H,16,17).